The lowest BCUT2D eigenvalue weighted by Gasteiger charge is -2.06. The van der Waals surface area contributed by atoms with Crippen LogP contribution in [0.15, 0.2) is 53.9 Å². The molecule has 0 saturated heterocycles. The summed E-state index contributed by atoms with van der Waals surface area (Å²) in [5.74, 6) is 0.369. The Hall–Kier alpha value is -2.44. The van der Waals surface area contributed by atoms with Crippen molar-refractivity contribution in [3.8, 4) is 0 Å². The molecule has 3 rings (SSSR count). The third kappa shape index (κ3) is 7.33. The van der Waals surface area contributed by atoms with Crippen LogP contribution in [0.25, 0.3) is 0 Å². The van der Waals surface area contributed by atoms with Crippen molar-refractivity contribution in [2.45, 2.75) is 12.7 Å². The molecule has 1 aromatic heterocycles. The van der Waals surface area contributed by atoms with Gasteiger partial charge in [-0.25, -0.2) is 4.98 Å². The van der Waals surface area contributed by atoms with E-state index in [0.717, 1.165) is 9.26 Å². The van der Waals surface area contributed by atoms with Gasteiger partial charge < -0.3 is 10.6 Å². The topological polar surface area (TPSA) is 100 Å². The van der Waals surface area contributed by atoms with Crippen LogP contribution in [0.4, 0.5) is 16.5 Å². The number of thioether (sulfide) groups is 1. The van der Waals surface area contributed by atoms with Crippen LogP contribution in [0.1, 0.15) is 23.0 Å². The molecule has 10 heteroatoms. The molecule has 0 aliphatic carbocycles. The Balaban J connectivity index is 1.43. The SMILES string of the molecule is CC(=O)Nc1ccc(NC(=O)CSCc2csc(NC(=O)c3ccccc3I)n2)cc1. The van der Waals surface area contributed by atoms with E-state index in [0.29, 0.717) is 27.8 Å². The number of thiazole rings is 1. The summed E-state index contributed by atoms with van der Waals surface area (Å²) in [6.45, 7) is 1.44. The number of hydrogen-bond acceptors (Lipinski definition) is 6. The number of anilines is 3. The van der Waals surface area contributed by atoms with Gasteiger partial charge in [-0.15, -0.1) is 23.1 Å². The van der Waals surface area contributed by atoms with E-state index in [-0.39, 0.29) is 23.5 Å². The van der Waals surface area contributed by atoms with Gasteiger partial charge in [0.2, 0.25) is 11.8 Å². The minimum Gasteiger partial charge on any atom is -0.326 e. The Morgan fingerprint density at radius 3 is 2.35 bits per heavy atom. The number of carbonyl (C=O) groups excluding carboxylic acids is 3. The maximum atomic E-state index is 12.4. The highest BCUT2D eigenvalue weighted by molar-refractivity contribution is 14.1. The number of rotatable bonds is 8. The molecular weight excluding hydrogens is 547 g/mol. The molecule has 7 nitrogen and oxygen atoms in total. The van der Waals surface area contributed by atoms with E-state index in [2.05, 4.69) is 43.5 Å². The highest BCUT2D eigenvalue weighted by atomic mass is 127. The molecule has 2 aromatic carbocycles. The largest absolute Gasteiger partial charge is 0.326 e. The number of aromatic nitrogens is 1. The first-order valence-corrected chi connectivity index (χ1v) is 12.3. The Bertz CT molecular complexity index is 1090. The molecule has 3 aromatic rings. The van der Waals surface area contributed by atoms with Crippen LogP contribution in [-0.4, -0.2) is 28.5 Å². The molecule has 3 N–H and O–H groups in total. The smallest absolute Gasteiger partial charge is 0.258 e. The highest BCUT2D eigenvalue weighted by Gasteiger charge is 2.12. The minimum absolute atomic E-state index is 0.125. The average molecular weight is 566 g/mol. The number of nitrogens with zero attached hydrogens (tertiary/aromatic N) is 1. The summed E-state index contributed by atoms with van der Waals surface area (Å²) in [6.07, 6.45) is 0. The van der Waals surface area contributed by atoms with Gasteiger partial charge in [-0.1, -0.05) is 12.1 Å². The van der Waals surface area contributed by atoms with E-state index in [1.165, 1.54) is 30.0 Å². The van der Waals surface area contributed by atoms with Gasteiger partial charge >= 0.3 is 0 Å². The number of carbonyl (C=O) groups is 3. The first kappa shape index (κ1) is 23.2. The zero-order chi connectivity index (χ0) is 22.2. The zero-order valence-corrected chi connectivity index (χ0v) is 20.3. The van der Waals surface area contributed by atoms with Crippen LogP contribution in [0.2, 0.25) is 0 Å². The van der Waals surface area contributed by atoms with Crippen LogP contribution in [0, 0.1) is 3.57 Å². The molecule has 31 heavy (non-hydrogen) atoms. The lowest BCUT2D eigenvalue weighted by atomic mass is 10.2. The van der Waals surface area contributed by atoms with Gasteiger partial charge in [0, 0.05) is 33.0 Å². The quantitative estimate of drug-likeness (QED) is 0.340. The van der Waals surface area contributed by atoms with Crippen LogP contribution < -0.4 is 16.0 Å². The Labute approximate surface area is 201 Å². The molecule has 0 aliphatic rings. The summed E-state index contributed by atoms with van der Waals surface area (Å²) in [7, 11) is 0. The van der Waals surface area contributed by atoms with E-state index < -0.39 is 0 Å². The summed E-state index contributed by atoms with van der Waals surface area (Å²) in [4.78, 5) is 39.9. The zero-order valence-electron chi connectivity index (χ0n) is 16.5. The third-order valence-electron chi connectivity index (χ3n) is 3.86. The fourth-order valence-electron chi connectivity index (χ4n) is 2.53. The van der Waals surface area contributed by atoms with Crippen LogP contribution in [-0.2, 0) is 15.3 Å². The van der Waals surface area contributed by atoms with Crippen molar-refractivity contribution < 1.29 is 14.4 Å². The normalized spacial score (nSPS) is 10.4. The molecule has 160 valence electrons. The summed E-state index contributed by atoms with van der Waals surface area (Å²) < 4.78 is 0.876. The lowest BCUT2D eigenvalue weighted by molar-refractivity contribution is -0.114. The molecule has 0 aliphatic heterocycles. The molecule has 1 heterocycles. The van der Waals surface area contributed by atoms with Gasteiger partial charge in [-0.05, 0) is 59.0 Å². The average Bonchev–Trinajstić information content (AvgIpc) is 3.16. The first-order valence-electron chi connectivity index (χ1n) is 9.16. The molecule has 0 saturated carbocycles. The van der Waals surface area contributed by atoms with Crippen LogP contribution >= 0.6 is 45.7 Å². The first-order chi connectivity index (χ1) is 14.9. The number of nitrogens with one attached hydrogen (secondary N) is 3. The van der Waals surface area contributed by atoms with Crippen molar-refractivity contribution in [3.63, 3.8) is 0 Å². The molecule has 0 atom stereocenters. The van der Waals surface area contributed by atoms with E-state index in [9.17, 15) is 14.4 Å². The van der Waals surface area contributed by atoms with Gasteiger partial charge in [-0.3, -0.25) is 19.7 Å². The summed E-state index contributed by atoms with van der Waals surface area (Å²) in [5.41, 5.74) is 2.75. The molecule has 0 fully saturated rings. The Morgan fingerprint density at radius 1 is 1.00 bits per heavy atom. The third-order valence-corrected chi connectivity index (χ3v) is 6.58. The highest BCUT2D eigenvalue weighted by Crippen LogP contribution is 2.21. The number of amides is 3. The van der Waals surface area contributed by atoms with Crippen LogP contribution in [0.5, 0.6) is 0 Å². The van der Waals surface area contributed by atoms with Crippen molar-refractivity contribution in [1.82, 2.24) is 4.98 Å². The van der Waals surface area contributed by atoms with Crippen molar-refractivity contribution in [3.05, 3.63) is 68.7 Å². The second-order valence-electron chi connectivity index (χ2n) is 6.38. The van der Waals surface area contributed by atoms with Gasteiger partial charge in [0.15, 0.2) is 5.13 Å². The molecule has 0 spiro atoms. The summed E-state index contributed by atoms with van der Waals surface area (Å²) in [5, 5.41) is 10.7. The van der Waals surface area contributed by atoms with E-state index in [1.54, 1.807) is 30.3 Å². The van der Waals surface area contributed by atoms with Crippen molar-refractivity contribution in [2.75, 3.05) is 21.7 Å². The second-order valence-corrected chi connectivity index (χ2v) is 9.38. The fourth-order valence-corrected chi connectivity index (χ4v) is 4.69. The van der Waals surface area contributed by atoms with Crippen molar-refractivity contribution in [1.29, 1.82) is 0 Å². The fraction of sp³-hybridized carbons (Fsp3) is 0.143. The van der Waals surface area contributed by atoms with Crippen LogP contribution in [0.3, 0.4) is 0 Å². The van der Waals surface area contributed by atoms with Gasteiger partial charge in [-0.2, -0.15) is 0 Å². The predicted octanol–water partition coefficient (Wildman–Crippen LogP) is 4.83. The van der Waals surface area contributed by atoms with Crippen molar-refractivity contribution >= 4 is 79.9 Å². The maximum absolute atomic E-state index is 12.4. The van der Waals surface area contributed by atoms with Gasteiger partial charge in [0.25, 0.3) is 5.91 Å². The molecule has 0 radical (unpaired) electrons. The summed E-state index contributed by atoms with van der Waals surface area (Å²) >= 11 is 4.92. The number of halogens is 1. The molecule has 0 unspecified atom stereocenters. The minimum atomic E-state index is -0.192. The van der Waals surface area contributed by atoms with E-state index in [4.69, 9.17) is 0 Å². The van der Waals surface area contributed by atoms with Gasteiger partial charge in [0.05, 0.1) is 17.0 Å². The van der Waals surface area contributed by atoms with E-state index in [1.807, 2.05) is 23.6 Å². The molecule has 0 bridgehead atoms. The van der Waals surface area contributed by atoms with Crippen molar-refractivity contribution in [2.24, 2.45) is 0 Å². The molecular formula is C21H19IN4O3S2. The number of benzene rings is 2. The molecule has 3 amide bonds. The maximum Gasteiger partial charge on any atom is 0.258 e. The monoisotopic (exact) mass is 566 g/mol. The predicted molar refractivity (Wildman–Crippen MR) is 135 cm³/mol. The lowest BCUT2D eigenvalue weighted by Crippen LogP contribution is -2.14. The Kier molecular flexibility index (Phi) is 8.43. The standard InChI is InChI=1S/C21H19IN4O3S2/c1-13(27)23-14-6-8-15(9-7-14)24-19(28)12-30-10-16-11-31-21(25-16)26-20(29)17-4-2-3-5-18(17)22/h2-9,11H,10,12H2,1H3,(H,23,27)(H,24,28)(H,25,26,29). The van der Waals surface area contributed by atoms with E-state index >= 15 is 0 Å². The Morgan fingerprint density at radius 2 is 1.68 bits per heavy atom. The van der Waals surface area contributed by atoms with Gasteiger partial charge in [0.1, 0.15) is 0 Å². The second kappa shape index (κ2) is 11.3. The number of hydrogen-bond donors (Lipinski definition) is 3. The summed E-state index contributed by atoms with van der Waals surface area (Å²) in [6, 6.07) is 14.3.